The van der Waals surface area contributed by atoms with Crippen LogP contribution in [0.4, 0.5) is 0 Å². The molecule has 0 bridgehead atoms. The maximum absolute atomic E-state index is 11.2. The van der Waals surface area contributed by atoms with Gasteiger partial charge < -0.3 is 5.11 Å². The molecule has 18 heavy (non-hydrogen) atoms. The minimum Gasteiger partial charge on any atom is -0.481 e. The first kappa shape index (κ1) is 13.9. The standard InChI is InChI=1S/C15H27NO2/c1-12-6-7-13(10-12)16(2)15(11-14(17)18)8-4-3-5-9-15/h12-13H,3-11H2,1-2H3,(H,17,18). The van der Waals surface area contributed by atoms with Crippen LogP contribution in [0, 0.1) is 5.92 Å². The van der Waals surface area contributed by atoms with E-state index in [0.29, 0.717) is 12.5 Å². The van der Waals surface area contributed by atoms with Crippen molar-refractivity contribution in [2.75, 3.05) is 7.05 Å². The second-order valence-electron chi connectivity index (χ2n) is 6.54. The van der Waals surface area contributed by atoms with Crippen molar-refractivity contribution in [3.8, 4) is 0 Å². The van der Waals surface area contributed by atoms with Crippen molar-refractivity contribution in [2.45, 2.75) is 76.3 Å². The predicted octanol–water partition coefficient (Wildman–Crippen LogP) is 3.28. The molecule has 2 fully saturated rings. The maximum Gasteiger partial charge on any atom is 0.305 e. The van der Waals surface area contributed by atoms with Gasteiger partial charge in [0.1, 0.15) is 0 Å². The van der Waals surface area contributed by atoms with Crippen LogP contribution in [0.3, 0.4) is 0 Å². The van der Waals surface area contributed by atoms with E-state index in [9.17, 15) is 9.90 Å². The highest BCUT2D eigenvalue weighted by Crippen LogP contribution is 2.40. The molecule has 0 amide bonds. The minimum absolute atomic E-state index is 0.0567. The average molecular weight is 253 g/mol. The quantitative estimate of drug-likeness (QED) is 0.836. The number of carbonyl (C=O) groups is 1. The molecule has 2 saturated carbocycles. The molecule has 2 aliphatic carbocycles. The highest BCUT2D eigenvalue weighted by molar-refractivity contribution is 5.68. The highest BCUT2D eigenvalue weighted by Gasteiger charge is 2.42. The van der Waals surface area contributed by atoms with Gasteiger partial charge >= 0.3 is 5.97 Å². The van der Waals surface area contributed by atoms with E-state index in [-0.39, 0.29) is 5.54 Å². The van der Waals surface area contributed by atoms with Gasteiger partial charge in [0.2, 0.25) is 0 Å². The average Bonchev–Trinajstić information content (AvgIpc) is 2.75. The summed E-state index contributed by atoms with van der Waals surface area (Å²) in [6.07, 6.45) is 9.93. The molecule has 0 heterocycles. The van der Waals surface area contributed by atoms with Crippen molar-refractivity contribution in [1.29, 1.82) is 0 Å². The summed E-state index contributed by atoms with van der Waals surface area (Å²) in [6, 6.07) is 0.609. The molecule has 3 nitrogen and oxygen atoms in total. The Bertz CT molecular complexity index is 297. The Kier molecular flexibility index (Phi) is 4.31. The zero-order chi connectivity index (χ0) is 13.2. The first-order valence-corrected chi connectivity index (χ1v) is 7.48. The van der Waals surface area contributed by atoms with Crippen LogP contribution < -0.4 is 0 Å². The van der Waals surface area contributed by atoms with Gasteiger partial charge in [0, 0.05) is 11.6 Å². The lowest BCUT2D eigenvalue weighted by Gasteiger charge is -2.47. The fourth-order valence-corrected chi connectivity index (χ4v) is 4.06. The highest BCUT2D eigenvalue weighted by atomic mass is 16.4. The van der Waals surface area contributed by atoms with Crippen LogP contribution in [0.1, 0.15) is 64.7 Å². The molecule has 0 aromatic heterocycles. The molecule has 2 atom stereocenters. The summed E-state index contributed by atoms with van der Waals surface area (Å²) in [7, 11) is 2.18. The number of aliphatic carboxylic acids is 1. The third-order valence-electron chi connectivity index (χ3n) is 5.23. The SMILES string of the molecule is CC1CCC(N(C)C2(CC(=O)O)CCCCC2)C1. The lowest BCUT2D eigenvalue weighted by atomic mass is 9.77. The van der Waals surface area contributed by atoms with E-state index in [0.717, 1.165) is 18.8 Å². The van der Waals surface area contributed by atoms with Crippen LogP contribution >= 0.6 is 0 Å². The summed E-state index contributed by atoms with van der Waals surface area (Å²) < 4.78 is 0. The second-order valence-corrected chi connectivity index (χ2v) is 6.54. The van der Waals surface area contributed by atoms with Crippen LogP contribution in [-0.2, 0) is 4.79 Å². The summed E-state index contributed by atoms with van der Waals surface area (Å²) >= 11 is 0. The molecule has 2 unspecified atom stereocenters. The molecule has 0 aliphatic heterocycles. The van der Waals surface area contributed by atoms with Crippen molar-refractivity contribution < 1.29 is 9.90 Å². The first-order valence-electron chi connectivity index (χ1n) is 7.48. The summed E-state index contributed by atoms with van der Waals surface area (Å²) in [4.78, 5) is 13.7. The van der Waals surface area contributed by atoms with E-state index < -0.39 is 5.97 Å². The number of rotatable bonds is 4. The Labute approximate surface area is 111 Å². The largest absolute Gasteiger partial charge is 0.481 e. The zero-order valence-electron chi connectivity index (χ0n) is 11.8. The van der Waals surface area contributed by atoms with Gasteiger partial charge in [0.05, 0.1) is 6.42 Å². The van der Waals surface area contributed by atoms with Gasteiger partial charge in [-0.3, -0.25) is 9.69 Å². The van der Waals surface area contributed by atoms with E-state index in [1.807, 2.05) is 0 Å². The Morgan fingerprint density at radius 1 is 1.28 bits per heavy atom. The molecule has 3 heteroatoms. The number of hydrogen-bond donors (Lipinski definition) is 1. The van der Waals surface area contributed by atoms with Gasteiger partial charge in [-0.25, -0.2) is 0 Å². The van der Waals surface area contributed by atoms with E-state index in [4.69, 9.17) is 0 Å². The number of hydrogen-bond acceptors (Lipinski definition) is 2. The number of nitrogens with zero attached hydrogens (tertiary/aromatic N) is 1. The molecular weight excluding hydrogens is 226 g/mol. The van der Waals surface area contributed by atoms with Gasteiger partial charge in [-0.2, -0.15) is 0 Å². The maximum atomic E-state index is 11.2. The first-order chi connectivity index (χ1) is 8.53. The fourth-order valence-electron chi connectivity index (χ4n) is 4.06. The van der Waals surface area contributed by atoms with Crippen LogP contribution in [0.2, 0.25) is 0 Å². The number of carboxylic acid groups (broad SMARTS) is 1. The van der Waals surface area contributed by atoms with E-state index in [2.05, 4.69) is 18.9 Å². The van der Waals surface area contributed by atoms with Crippen LogP contribution in [0.15, 0.2) is 0 Å². The van der Waals surface area contributed by atoms with Crippen LogP contribution in [-0.4, -0.2) is 34.6 Å². The second kappa shape index (κ2) is 5.60. The van der Waals surface area contributed by atoms with Gasteiger partial charge in [-0.1, -0.05) is 26.2 Å². The molecule has 0 radical (unpaired) electrons. The molecule has 104 valence electrons. The molecule has 2 aliphatic rings. The Morgan fingerprint density at radius 3 is 2.44 bits per heavy atom. The molecule has 0 aromatic rings. The van der Waals surface area contributed by atoms with Crippen molar-refractivity contribution in [2.24, 2.45) is 5.92 Å². The molecule has 1 N–H and O–H groups in total. The van der Waals surface area contributed by atoms with Crippen molar-refractivity contribution in [1.82, 2.24) is 4.90 Å². The van der Waals surface area contributed by atoms with Crippen LogP contribution in [0.5, 0.6) is 0 Å². The van der Waals surface area contributed by atoms with Gasteiger partial charge in [-0.15, -0.1) is 0 Å². The summed E-state index contributed by atoms with van der Waals surface area (Å²) in [5, 5.41) is 9.25. The predicted molar refractivity (Wildman–Crippen MR) is 72.6 cm³/mol. The molecule has 0 spiro atoms. The van der Waals surface area contributed by atoms with E-state index in [1.54, 1.807) is 0 Å². The van der Waals surface area contributed by atoms with Gasteiger partial charge in [0.25, 0.3) is 0 Å². The molecule has 2 rings (SSSR count). The summed E-state index contributed by atoms with van der Waals surface area (Å²) in [5.74, 6) is 0.178. The van der Waals surface area contributed by atoms with Crippen molar-refractivity contribution in [3.63, 3.8) is 0 Å². The Hall–Kier alpha value is -0.570. The van der Waals surface area contributed by atoms with Gasteiger partial charge in [0.15, 0.2) is 0 Å². The van der Waals surface area contributed by atoms with E-state index in [1.165, 1.54) is 38.5 Å². The summed E-state index contributed by atoms with van der Waals surface area (Å²) in [6.45, 7) is 2.32. The molecule has 0 aromatic carbocycles. The number of carboxylic acids is 1. The fraction of sp³-hybridized carbons (Fsp3) is 0.933. The monoisotopic (exact) mass is 253 g/mol. The topological polar surface area (TPSA) is 40.5 Å². The lowest BCUT2D eigenvalue weighted by Crippen LogP contribution is -2.53. The minimum atomic E-state index is -0.630. The molecular formula is C15H27NO2. The smallest absolute Gasteiger partial charge is 0.305 e. The zero-order valence-corrected chi connectivity index (χ0v) is 11.8. The third-order valence-corrected chi connectivity index (χ3v) is 5.23. The Balaban J connectivity index is 2.09. The Morgan fingerprint density at radius 2 is 1.94 bits per heavy atom. The van der Waals surface area contributed by atoms with E-state index >= 15 is 0 Å². The van der Waals surface area contributed by atoms with Crippen molar-refractivity contribution >= 4 is 5.97 Å². The lowest BCUT2D eigenvalue weighted by molar-refractivity contribution is -0.141. The van der Waals surface area contributed by atoms with Gasteiger partial charge in [-0.05, 0) is 45.1 Å². The third kappa shape index (κ3) is 2.87. The van der Waals surface area contributed by atoms with Crippen LogP contribution in [0.25, 0.3) is 0 Å². The molecule has 0 saturated heterocycles. The van der Waals surface area contributed by atoms with Crippen molar-refractivity contribution in [3.05, 3.63) is 0 Å². The summed E-state index contributed by atoms with van der Waals surface area (Å²) in [5.41, 5.74) is -0.0567. The normalized spacial score (nSPS) is 31.7.